The maximum Gasteiger partial charge on any atom is 0.147 e. The quantitative estimate of drug-likeness (QED) is 0.656. The first-order valence-corrected chi connectivity index (χ1v) is 6.18. The molecule has 0 spiro atoms. The highest BCUT2D eigenvalue weighted by Gasteiger charge is 2.08. The molecule has 0 radical (unpaired) electrons. The van der Waals surface area contributed by atoms with Crippen LogP contribution in [-0.2, 0) is 16.5 Å². The van der Waals surface area contributed by atoms with Crippen molar-refractivity contribution in [3.05, 3.63) is 23.7 Å². The standard InChI is InChI=1S/C9H11N5O2S/c1-5-2-7(14-13-5)6-3-8(10)12-9(11-6)4-17(15)16/h2-3,17H,4H2,1H3,(H,13,14)(H2,10,11,12). The normalized spacial score (nSPS) is 10.9. The first kappa shape index (κ1) is 11.5. The molecule has 2 aromatic rings. The largest absolute Gasteiger partial charge is 0.384 e. The fourth-order valence-corrected chi connectivity index (χ4v) is 1.76. The van der Waals surface area contributed by atoms with E-state index in [2.05, 4.69) is 20.2 Å². The molecule has 90 valence electrons. The van der Waals surface area contributed by atoms with Crippen molar-refractivity contribution >= 4 is 16.5 Å². The van der Waals surface area contributed by atoms with Crippen LogP contribution < -0.4 is 5.73 Å². The number of aryl methyl sites for hydroxylation is 1. The summed E-state index contributed by atoms with van der Waals surface area (Å²) in [5.41, 5.74) is 7.59. The lowest BCUT2D eigenvalue weighted by Gasteiger charge is -2.00. The highest BCUT2D eigenvalue weighted by atomic mass is 32.2. The number of anilines is 1. The molecule has 7 nitrogen and oxygen atoms in total. The van der Waals surface area contributed by atoms with Gasteiger partial charge in [0.15, 0.2) is 0 Å². The molecule has 0 unspecified atom stereocenters. The molecule has 2 heterocycles. The van der Waals surface area contributed by atoms with Gasteiger partial charge in [0.05, 0.1) is 5.69 Å². The van der Waals surface area contributed by atoms with Gasteiger partial charge in [0.25, 0.3) is 0 Å². The number of thiol groups is 1. The van der Waals surface area contributed by atoms with Crippen molar-refractivity contribution in [2.24, 2.45) is 0 Å². The van der Waals surface area contributed by atoms with Crippen molar-refractivity contribution in [3.63, 3.8) is 0 Å². The molecule has 0 bridgehead atoms. The predicted octanol–water partition coefficient (Wildman–Crippen LogP) is -0.131. The Kier molecular flexibility index (Phi) is 3.05. The summed E-state index contributed by atoms with van der Waals surface area (Å²) in [6, 6.07) is 3.35. The minimum atomic E-state index is -2.57. The molecule has 2 aromatic heterocycles. The number of rotatable bonds is 3. The zero-order valence-corrected chi connectivity index (χ0v) is 9.94. The maximum atomic E-state index is 10.6. The van der Waals surface area contributed by atoms with E-state index < -0.39 is 10.7 Å². The summed E-state index contributed by atoms with van der Waals surface area (Å²) >= 11 is 0. The van der Waals surface area contributed by atoms with Crippen LogP contribution in [-0.4, -0.2) is 28.6 Å². The minimum absolute atomic E-state index is 0.178. The van der Waals surface area contributed by atoms with Crippen LogP contribution in [0.2, 0.25) is 0 Å². The van der Waals surface area contributed by atoms with Crippen LogP contribution in [0.25, 0.3) is 11.4 Å². The number of nitrogens with two attached hydrogens (primary N) is 1. The van der Waals surface area contributed by atoms with Crippen molar-refractivity contribution in [3.8, 4) is 11.4 Å². The molecule has 0 aliphatic carbocycles. The zero-order chi connectivity index (χ0) is 12.4. The van der Waals surface area contributed by atoms with Crippen molar-refractivity contribution < 1.29 is 8.42 Å². The predicted molar refractivity (Wildman–Crippen MR) is 62.8 cm³/mol. The van der Waals surface area contributed by atoms with E-state index in [1.807, 2.05) is 6.92 Å². The van der Waals surface area contributed by atoms with Gasteiger partial charge in [0.1, 0.15) is 33.8 Å². The van der Waals surface area contributed by atoms with Crippen LogP contribution in [0.15, 0.2) is 12.1 Å². The average Bonchev–Trinajstić information content (AvgIpc) is 2.62. The van der Waals surface area contributed by atoms with Crippen molar-refractivity contribution in [1.82, 2.24) is 20.2 Å². The zero-order valence-electron chi connectivity index (χ0n) is 9.04. The van der Waals surface area contributed by atoms with E-state index in [9.17, 15) is 8.42 Å². The molecular weight excluding hydrogens is 242 g/mol. The van der Waals surface area contributed by atoms with Crippen LogP contribution in [0, 0.1) is 6.92 Å². The summed E-state index contributed by atoms with van der Waals surface area (Å²) < 4.78 is 21.3. The van der Waals surface area contributed by atoms with Gasteiger partial charge in [-0.1, -0.05) is 0 Å². The lowest BCUT2D eigenvalue weighted by Crippen LogP contribution is -2.02. The van der Waals surface area contributed by atoms with Gasteiger partial charge in [0.2, 0.25) is 0 Å². The first-order valence-electron chi connectivity index (χ1n) is 4.82. The Labute approximate surface area is 99.1 Å². The Morgan fingerprint density at radius 3 is 2.65 bits per heavy atom. The van der Waals surface area contributed by atoms with Gasteiger partial charge in [-0.25, -0.2) is 18.4 Å². The van der Waals surface area contributed by atoms with E-state index in [1.165, 1.54) is 0 Å². The molecule has 0 saturated heterocycles. The molecule has 0 aliphatic rings. The Morgan fingerprint density at radius 2 is 2.06 bits per heavy atom. The number of nitrogens with one attached hydrogen (secondary N) is 1. The Hall–Kier alpha value is -1.96. The van der Waals surface area contributed by atoms with Crippen molar-refractivity contribution in [2.45, 2.75) is 12.7 Å². The molecule has 2 rings (SSSR count). The summed E-state index contributed by atoms with van der Waals surface area (Å²) in [6.45, 7) is 1.86. The molecule has 8 heteroatoms. The smallest absolute Gasteiger partial charge is 0.147 e. The topological polar surface area (TPSA) is 115 Å². The first-order chi connectivity index (χ1) is 8.04. The molecular formula is C9H11N5O2S. The van der Waals surface area contributed by atoms with Crippen LogP contribution in [0.4, 0.5) is 5.82 Å². The molecule has 0 saturated carbocycles. The monoisotopic (exact) mass is 253 g/mol. The fourth-order valence-electron chi connectivity index (χ4n) is 1.38. The lowest BCUT2D eigenvalue weighted by molar-refractivity contribution is 0.612. The Morgan fingerprint density at radius 1 is 1.29 bits per heavy atom. The third-order valence-electron chi connectivity index (χ3n) is 2.03. The lowest BCUT2D eigenvalue weighted by atomic mass is 10.2. The van der Waals surface area contributed by atoms with E-state index in [-0.39, 0.29) is 17.4 Å². The average molecular weight is 253 g/mol. The number of H-pyrrole nitrogens is 1. The fraction of sp³-hybridized carbons (Fsp3) is 0.222. The second-order valence-electron chi connectivity index (χ2n) is 3.52. The van der Waals surface area contributed by atoms with Crippen LogP contribution in [0.5, 0.6) is 0 Å². The number of aromatic amines is 1. The number of nitrogens with zero attached hydrogens (tertiary/aromatic N) is 3. The van der Waals surface area contributed by atoms with Crippen LogP contribution >= 0.6 is 0 Å². The summed E-state index contributed by atoms with van der Waals surface area (Å²) in [5, 5.41) is 6.80. The van der Waals surface area contributed by atoms with Gasteiger partial charge in [-0.05, 0) is 13.0 Å². The number of aromatic nitrogens is 4. The summed E-state index contributed by atoms with van der Waals surface area (Å²) in [4.78, 5) is 7.95. The molecule has 0 aromatic carbocycles. The third kappa shape index (κ3) is 2.78. The van der Waals surface area contributed by atoms with E-state index in [0.717, 1.165) is 5.69 Å². The van der Waals surface area contributed by atoms with E-state index in [4.69, 9.17) is 5.73 Å². The van der Waals surface area contributed by atoms with Gasteiger partial charge < -0.3 is 5.73 Å². The molecule has 0 aliphatic heterocycles. The maximum absolute atomic E-state index is 10.6. The molecule has 0 amide bonds. The molecule has 0 fully saturated rings. The van der Waals surface area contributed by atoms with Crippen LogP contribution in [0.1, 0.15) is 11.5 Å². The van der Waals surface area contributed by atoms with E-state index >= 15 is 0 Å². The van der Waals surface area contributed by atoms with E-state index in [0.29, 0.717) is 11.4 Å². The van der Waals surface area contributed by atoms with Gasteiger partial charge in [0, 0.05) is 11.8 Å². The summed E-state index contributed by atoms with van der Waals surface area (Å²) in [6.07, 6.45) is 0. The Balaban J connectivity index is 2.44. The molecule has 3 N–H and O–H groups in total. The van der Waals surface area contributed by atoms with Gasteiger partial charge >= 0.3 is 0 Å². The van der Waals surface area contributed by atoms with Gasteiger partial charge in [-0.2, -0.15) is 5.10 Å². The second-order valence-corrected chi connectivity index (χ2v) is 4.50. The Bertz CT molecular complexity index is 612. The highest BCUT2D eigenvalue weighted by molar-refractivity contribution is 7.71. The SMILES string of the molecule is Cc1cc(-c2cc(N)nc(C[SH](=O)=O)n2)n[nH]1. The summed E-state index contributed by atoms with van der Waals surface area (Å²) in [7, 11) is -2.57. The second kappa shape index (κ2) is 4.50. The number of nitrogen functional groups attached to an aromatic ring is 1. The number of hydrogen-bond donors (Lipinski definition) is 3. The molecule has 17 heavy (non-hydrogen) atoms. The third-order valence-corrected chi connectivity index (χ3v) is 2.57. The van der Waals surface area contributed by atoms with Gasteiger partial charge in [-0.3, -0.25) is 5.10 Å². The van der Waals surface area contributed by atoms with Crippen molar-refractivity contribution in [1.29, 1.82) is 0 Å². The minimum Gasteiger partial charge on any atom is -0.384 e. The summed E-state index contributed by atoms with van der Waals surface area (Å²) in [5.74, 6) is 0.177. The van der Waals surface area contributed by atoms with Gasteiger partial charge in [-0.15, -0.1) is 0 Å². The number of hydrogen-bond acceptors (Lipinski definition) is 6. The molecule has 0 atom stereocenters. The van der Waals surface area contributed by atoms with E-state index in [1.54, 1.807) is 12.1 Å². The van der Waals surface area contributed by atoms with Crippen LogP contribution in [0.3, 0.4) is 0 Å². The van der Waals surface area contributed by atoms with Crippen molar-refractivity contribution in [2.75, 3.05) is 5.73 Å². The highest BCUT2D eigenvalue weighted by Crippen LogP contribution is 2.17.